The van der Waals surface area contributed by atoms with Crippen molar-refractivity contribution in [2.45, 2.75) is 38.6 Å². The van der Waals surface area contributed by atoms with Gasteiger partial charge in [-0.25, -0.2) is 4.79 Å². The van der Waals surface area contributed by atoms with Crippen molar-refractivity contribution < 1.29 is 9.90 Å². The van der Waals surface area contributed by atoms with Gasteiger partial charge in [0, 0.05) is 10.0 Å². The molecule has 0 aliphatic rings. The maximum absolute atomic E-state index is 10.6. The number of rotatable bonds is 5. The summed E-state index contributed by atoms with van der Waals surface area (Å²) in [6, 6.07) is 8.22. The van der Waals surface area contributed by atoms with E-state index in [2.05, 4.69) is 33.4 Å². The zero-order valence-electron chi connectivity index (χ0n) is 10.2. The number of hydrogen-bond donors (Lipinski definition) is 2. The smallest absolute Gasteiger partial charge is 0.405 e. The Morgan fingerprint density at radius 3 is 2.47 bits per heavy atom. The van der Waals surface area contributed by atoms with Gasteiger partial charge in [-0.3, -0.25) is 0 Å². The van der Waals surface area contributed by atoms with E-state index in [9.17, 15) is 4.79 Å². The van der Waals surface area contributed by atoms with Crippen molar-refractivity contribution in [2.24, 2.45) is 0 Å². The molecule has 0 spiro atoms. The molecule has 4 heteroatoms. The average molecular weight is 300 g/mol. The quantitative estimate of drug-likeness (QED) is 0.868. The molecule has 2 N–H and O–H groups in total. The number of aryl methyl sites for hydroxylation is 1. The molecular formula is C13H18BrNO2. The molecule has 0 fully saturated rings. The zero-order valence-corrected chi connectivity index (χ0v) is 11.8. The average Bonchev–Trinajstić information content (AvgIpc) is 2.18. The molecule has 0 saturated heterocycles. The Kier molecular flexibility index (Phi) is 5.00. The van der Waals surface area contributed by atoms with Crippen molar-refractivity contribution in [2.75, 3.05) is 0 Å². The lowest BCUT2D eigenvalue weighted by molar-refractivity contribution is 0.180. The van der Waals surface area contributed by atoms with Crippen LogP contribution in [0.15, 0.2) is 28.7 Å². The Morgan fingerprint density at radius 2 is 1.94 bits per heavy atom. The zero-order chi connectivity index (χ0) is 12.9. The van der Waals surface area contributed by atoms with Crippen LogP contribution in [0.2, 0.25) is 0 Å². The molecule has 17 heavy (non-hydrogen) atoms. The molecule has 0 atom stereocenters. The summed E-state index contributed by atoms with van der Waals surface area (Å²) >= 11 is 3.40. The highest BCUT2D eigenvalue weighted by atomic mass is 79.9. The minimum Gasteiger partial charge on any atom is -0.465 e. The predicted octanol–water partition coefficient (Wildman–Crippen LogP) is 3.82. The first-order valence-corrected chi connectivity index (χ1v) is 6.44. The monoisotopic (exact) mass is 299 g/mol. The topological polar surface area (TPSA) is 49.3 Å². The second kappa shape index (κ2) is 6.05. The fraction of sp³-hybridized carbons (Fsp3) is 0.462. The molecule has 0 bridgehead atoms. The van der Waals surface area contributed by atoms with E-state index in [4.69, 9.17) is 5.11 Å². The first kappa shape index (κ1) is 14.0. The van der Waals surface area contributed by atoms with E-state index >= 15 is 0 Å². The van der Waals surface area contributed by atoms with Crippen molar-refractivity contribution in [3.05, 3.63) is 34.3 Å². The molecule has 0 unspecified atom stereocenters. The fourth-order valence-electron chi connectivity index (χ4n) is 1.74. The van der Waals surface area contributed by atoms with Gasteiger partial charge in [0.05, 0.1) is 0 Å². The lowest BCUT2D eigenvalue weighted by Crippen LogP contribution is -2.42. The molecule has 1 aromatic carbocycles. The van der Waals surface area contributed by atoms with Gasteiger partial charge in [-0.1, -0.05) is 28.1 Å². The van der Waals surface area contributed by atoms with Gasteiger partial charge in [0.15, 0.2) is 0 Å². The van der Waals surface area contributed by atoms with Crippen molar-refractivity contribution in [1.82, 2.24) is 5.32 Å². The Balaban J connectivity index is 2.37. The van der Waals surface area contributed by atoms with Gasteiger partial charge in [-0.2, -0.15) is 0 Å². The van der Waals surface area contributed by atoms with Crippen LogP contribution in [0.3, 0.4) is 0 Å². The minimum atomic E-state index is -0.960. The predicted molar refractivity (Wildman–Crippen MR) is 72.3 cm³/mol. The van der Waals surface area contributed by atoms with Crippen LogP contribution in [0.1, 0.15) is 32.3 Å². The Morgan fingerprint density at radius 1 is 1.35 bits per heavy atom. The van der Waals surface area contributed by atoms with Gasteiger partial charge in [0.25, 0.3) is 0 Å². The largest absolute Gasteiger partial charge is 0.465 e. The van der Waals surface area contributed by atoms with E-state index < -0.39 is 6.09 Å². The number of carboxylic acid groups (broad SMARTS) is 1. The van der Waals surface area contributed by atoms with Gasteiger partial charge < -0.3 is 10.4 Å². The summed E-state index contributed by atoms with van der Waals surface area (Å²) in [6.45, 7) is 3.81. The third kappa shape index (κ3) is 5.73. The maximum atomic E-state index is 10.6. The number of halogens is 1. The normalized spacial score (nSPS) is 11.2. The lowest BCUT2D eigenvalue weighted by Gasteiger charge is -2.24. The molecule has 0 heterocycles. The second-order valence-corrected chi connectivity index (χ2v) is 5.71. The van der Waals surface area contributed by atoms with E-state index in [-0.39, 0.29) is 5.54 Å². The number of benzene rings is 1. The Bertz CT molecular complexity index is 374. The van der Waals surface area contributed by atoms with Gasteiger partial charge in [0.2, 0.25) is 0 Å². The molecule has 3 nitrogen and oxygen atoms in total. The summed E-state index contributed by atoms with van der Waals surface area (Å²) in [6.07, 6.45) is 1.81. The summed E-state index contributed by atoms with van der Waals surface area (Å²) < 4.78 is 1.08. The highest BCUT2D eigenvalue weighted by Gasteiger charge is 2.19. The third-order valence-corrected chi connectivity index (χ3v) is 3.15. The molecule has 0 radical (unpaired) electrons. The number of amides is 1. The van der Waals surface area contributed by atoms with Crippen LogP contribution in [-0.4, -0.2) is 16.7 Å². The van der Waals surface area contributed by atoms with Crippen molar-refractivity contribution >= 4 is 22.0 Å². The molecule has 0 saturated carbocycles. The highest BCUT2D eigenvalue weighted by Crippen LogP contribution is 2.16. The number of hydrogen-bond acceptors (Lipinski definition) is 1. The lowest BCUT2D eigenvalue weighted by atomic mass is 9.96. The van der Waals surface area contributed by atoms with Crippen molar-refractivity contribution in [1.29, 1.82) is 0 Å². The molecule has 1 aromatic rings. The van der Waals surface area contributed by atoms with Gasteiger partial charge in [-0.15, -0.1) is 0 Å². The maximum Gasteiger partial charge on any atom is 0.405 e. The van der Waals surface area contributed by atoms with Gasteiger partial charge in [-0.05, 0) is 50.8 Å². The molecule has 0 aliphatic heterocycles. The summed E-state index contributed by atoms with van der Waals surface area (Å²) in [5, 5.41) is 11.2. The van der Waals surface area contributed by atoms with Crippen LogP contribution >= 0.6 is 15.9 Å². The van der Waals surface area contributed by atoms with E-state index in [0.29, 0.717) is 0 Å². The van der Waals surface area contributed by atoms with Gasteiger partial charge >= 0.3 is 6.09 Å². The molecule has 1 amide bonds. The van der Waals surface area contributed by atoms with Crippen LogP contribution < -0.4 is 5.32 Å². The number of nitrogens with one attached hydrogen (secondary N) is 1. The van der Waals surface area contributed by atoms with Crippen molar-refractivity contribution in [3.8, 4) is 0 Å². The van der Waals surface area contributed by atoms with E-state index in [0.717, 1.165) is 23.7 Å². The Hall–Kier alpha value is -1.03. The van der Waals surface area contributed by atoms with Crippen LogP contribution in [0.25, 0.3) is 0 Å². The minimum absolute atomic E-state index is 0.360. The molecular weight excluding hydrogens is 282 g/mol. The summed E-state index contributed by atoms with van der Waals surface area (Å²) in [7, 11) is 0. The first-order chi connectivity index (χ1) is 7.89. The van der Waals surface area contributed by atoms with Crippen LogP contribution in [-0.2, 0) is 6.42 Å². The molecule has 0 aliphatic carbocycles. The van der Waals surface area contributed by atoms with Crippen molar-refractivity contribution in [3.63, 3.8) is 0 Å². The van der Waals surface area contributed by atoms with E-state index in [1.165, 1.54) is 5.56 Å². The summed E-state index contributed by atoms with van der Waals surface area (Å²) in [4.78, 5) is 10.6. The summed E-state index contributed by atoms with van der Waals surface area (Å²) in [5.74, 6) is 0. The molecule has 0 aromatic heterocycles. The standard InChI is InChI=1S/C13H18BrNO2/c1-13(2,15-12(16)17)9-3-4-10-5-7-11(14)8-6-10/h5-8,15H,3-4,9H2,1-2H3,(H,16,17). The highest BCUT2D eigenvalue weighted by molar-refractivity contribution is 9.10. The first-order valence-electron chi connectivity index (χ1n) is 5.65. The van der Waals surface area contributed by atoms with E-state index in [1.54, 1.807) is 0 Å². The third-order valence-electron chi connectivity index (χ3n) is 2.63. The van der Waals surface area contributed by atoms with Gasteiger partial charge in [0.1, 0.15) is 0 Å². The van der Waals surface area contributed by atoms with Crippen LogP contribution in [0.4, 0.5) is 4.79 Å². The SMILES string of the molecule is CC(C)(CCCc1ccc(Br)cc1)NC(=O)O. The van der Waals surface area contributed by atoms with Crippen LogP contribution in [0, 0.1) is 0 Å². The second-order valence-electron chi connectivity index (χ2n) is 4.79. The number of carbonyl (C=O) groups is 1. The Labute approximate surface area is 110 Å². The summed E-state index contributed by atoms with van der Waals surface area (Å²) in [5.41, 5.74) is 0.917. The molecule has 94 valence electrons. The van der Waals surface area contributed by atoms with Crippen LogP contribution in [0.5, 0.6) is 0 Å². The molecule has 1 rings (SSSR count). The fourth-order valence-corrected chi connectivity index (χ4v) is 2.00. The van der Waals surface area contributed by atoms with E-state index in [1.807, 2.05) is 26.0 Å².